The maximum Gasteiger partial charge on any atom is 0.271 e. The van der Waals surface area contributed by atoms with Crippen molar-refractivity contribution in [2.45, 2.75) is 0 Å². The second-order valence-electron chi connectivity index (χ2n) is 2.84. The van der Waals surface area contributed by atoms with Gasteiger partial charge in [0.1, 0.15) is 0 Å². The third kappa shape index (κ3) is 1.97. The van der Waals surface area contributed by atoms with Gasteiger partial charge in [-0.3, -0.25) is 10.1 Å². The van der Waals surface area contributed by atoms with Crippen LogP contribution >= 0.6 is 0 Å². The number of benzene rings is 1. The molecule has 1 aliphatic heterocycles. The van der Waals surface area contributed by atoms with E-state index < -0.39 is 4.92 Å². The number of anilines is 2. The molecule has 5 nitrogen and oxygen atoms in total. The number of nitrogens with zero attached hydrogens (tertiary/aromatic N) is 1. The van der Waals surface area contributed by atoms with Gasteiger partial charge in [-0.2, -0.15) is 0 Å². The fourth-order valence-electron chi connectivity index (χ4n) is 1.34. The Bertz CT molecular complexity index is 356. The molecule has 0 aliphatic carbocycles. The Morgan fingerprint density at radius 1 is 1.21 bits per heavy atom. The van der Waals surface area contributed by atoms with Gasteiger partial charge in [-0.1, -0.05) is 0 Å². The molecule has 0 bridgehead atoms. The molecule has 1 aliphatic rings. The zero-order valence-electron chi connectivity index (χ0n) is 7.21. The minimum atomic E-state index is -0.392. The summed E-state index contributed by atoms with van der Waals surface area (Å²) in [4.78, 5) is 10.1. The minimum absolute atomic E-state index is 0. The third-order valence-electron chi connectivity index (χ3n) is 1.97. The second kappa shape index (κ2) is 4.30. The van der Waals surface area contributed by atoms with Gasteiger partial charge in [0.05, 0.1) is 16.3 Å². The Hall–Kier alpha value is -1.26. The molecule has 0 amide bonds. The predicted molar refractivity (Wildman–Crippen MR) is 50.1 cm³/mol. The Morgan fingerprint density at radius 3 is 2.50 bits per heavy atom. The molecule has 2 rings (SSSR count). The van der Waals surface area contributed by atoms with Crippen molar-refractivity contribution in [3.63, 3.8) is 0 Å². The van der Waals surface area contributed by atoms with E-state index >= 15 is 0 Å². The molecular formula is C8H9CuN3O2. The zero-order valence-corrected chi connectivity index (χ0v) is 8.15. The van der Waals surface area contributed by atoms with Crippen LogP contribution in [0.25, 0.3) is 0 Å². The van der Waals surface area contributed by atoms with E-state index in [9.17, 15) is 10.1 Å². The average molecular weight is 243 g/mol. The van der Waals surface area contributed by atoms with Crippen LogP contribution < -0.4 is 10.6 Å². The summed E-state index contributed by atoms with van der Waals surface area (Å²) in [6.45, 7) is 1.65. The topological polar surface area (TPSA) is 67.2 Å². The standard InChI is InChI=1S/C8H9N3O2.Cu/c12-11(13)6-1-2-7-8(5-6)10-4-3-9-7;/h1-2,5,9-10H,3-4H2;. The molecule has 79 valence electrons. The third-order valence-corrected chi connectivity index (χ3v) is 1.97. The van der Waals surface area contributed by atoms with Gasteiger partial charge in [0.2, 0.25) is 0 Å². The van der Waals surface area contributed by atoms with Crippen molar-refractivity contribution in [1.82, 2.24) is 0 Å². The normalized spacial score (nSPS) is 12.9. The Balaban J connectivity index is 0.000000980. The number of nitrogens with one attached hydrogen (secondary N) is 2. The molecule has 1 aromatic rings. The molecule has 6 heteroatoms. The fourth-order valence-corrected chi connectivity index (χ4v) is 1.34. The van der Waals surface area contributed by atoms with Gasteiger partial charge in [0.25, 0.3) is 5.69 Å². The van der Waals surface area contributed by atoms with Crippen molar-refractivity contribution < 1.29 is 22.0 Å². The number of rotatable bonds is 1. The number of non-ortho nitro benzene ring substituents is 1. The van der Waals surface area contributed by atoms with Crippen LogP contribution in [0.2, 0.25) is 0 Å². The summed E-state index contributed by atoms with van der Waals surface area (Å²) < 4.78 is 0. The summed E-state index contributed by atoms with van der Waals surface area (Å²) in [5.74, 6) is 0. The molecule has 1 aromatic carbocycles. The maximum absolute atomic E-state index is 10.4. The summed E-state index contributed by atoms with van der Waals surface area (Å²) in [7, 11) is 0. The van der Waals surface area contributed by atoms with E-state index in [2.05, 4.69) is 10.6 Å². The van der Waals surface area contributed by atoms with E-state index in [-0.39, 0.29) is 22.8 Å². The molecule has 2 N–H and O–H groups in total. The molecule has 1 radical (unpaired) electrons. The van der Waals surface area contributed by atoms with Crippen molar-refractivity contribution >= 4 is 17.1 Å². The summed E-state index contributed by atoms with van der Waals surface area (Å²) in [5, 5.41) is 16.7. The van der Waals surface area contributed by atoms with Crippen molar-refractivity contribution in [2.75, 3.05) is 23.7 Å². The zero-order chi connectivity index (χ0) is 9.26. The fraction of sp³-hybridized carbons (Fsp3) is 0.250. The minimum Gasteiger partial charge on any atom is -0.382 e. The van der Waals surface area contributed by atoms with E-state index in [0.29, 0.717) is 0 Å². The van der Waals surface area contributed by atoms with Crippen LogP contribution in [0, 0.1) is 10.1 Å². The van der Waals surface area contributed by atoms with Crippen LogP contribution in [0.3, 0.4) is 0 Å². The van der Waals surface area contributed by atoms with Gasteiger partial charge in [0, 0.05) is 42.3 Å². The van der Waals surface area contributed by atoms with Crippen LogP contribution in [0.1, 0.15) is 0 Å². The Morgan fingerprint density at radius 2 is 1.86 bits per heavy atom. The van der Waals surface area contributed by atoms with Gasteiger partial charge in [0.15, 0.2) is 0 Å². The average Bonchev–Trinajstić information content (AvgIpc) is 2.17. The van der Waals surface area contributed by atoms with E-state index in [1.54, 1.807) is 12.1 Å². The molecule has 0 saturated carbocycles. The molecule has 0 fully saturated rings. The van der Waals surface area contributed by atoms with Gasteiger partial charge < -0.3 is 10.6 Å². The SMILES string of the molecule is O=[N+]([O-])c1ccc2c(c1)NCCN2.[Cu]. The first-order valence-electron chi connectivity index (χ1n) is 4.03. The van der Waals surface area contributed by atoms with Crippen molar-refractivity contribution in [3.05, 3.63) is 28.3 Å². The smallest absolute Gasteiger partial charge is 0.271 e. The summed E-state index contributed by atoms with van der Waals surface area (Å²) in [6, 6.07) is 4.76. The van der Waals surface area contributed by atoms with Crippen molar-refractivity contribution in [3.8, 4) is 0 Å². The van der Waals surface area contributed by atoms with E-state index in [4.69, 9.17) is 0 Å². The van der Waals surface area contributed by atoms with Crippen LogP contribution in [-0.2, 0) is 17.1 Å². The molecule has 1 heterocycles. The van der Waals surface area contributed by atoms with Gasteiger partial charge >= 0.3 is 0 Å². The molecule has 0 spiro atoms. The van der Waals surface area contributed by atoms with Crippen LogP contribution in [0.4, 0.5) is 17.1 Å². The summed E-state index contributed by atoms with van der Waals surface area (Å²) >= 11 is 0. The summed E-state index contributed by atoms with van der Waals surface area (Å²) in [6.07, 6.45) is 0. The predicted octanol–water partition coefficient (Wildman–Crippen LogP) is 1.43. The largest absolute Gasteiger partial charge is 0.382 e. The van der Waals surface area contributed by atoms with E-state index in [1.165, 1.54) is 6.07 Å². The van der Waals surface area contributed by atoms with E-state index in [1.807, 2.05) is 0 Å². The molecule has 0 aromatic heterocycles. The number of nitro groups is 1. The molecule has 0 saturated heterocycles. The second-order valence-corrected chi connectivity index (χ2v) is 2.84. The monoisotopic (exact) mass is 242 g/mol. The molecule has 0 unspecified atom stereocenters. The number of nitro benzene ring substituents is 1. The van der Waals surface area contributed by atoms with Crippen LogP contribution in [-0.4, -0.2) is 18.0 Å². The van der Waals surface area contributed by atoms with Crippen LogP contribution in [0.5, 0.6) is 0 Å². The quantitative estimate of drug-likeness (QED) is 0.444. The molecule has 0 atom stereocenters. The number of hydrogen-bond acceptors (Lipinski definition) is 4. The first-order valence-corrected chi connectivity index (χ1v) is 4.03. The molecular weight excluding hydrogens is 234 g/mol. The van der Waals surface area contributed by atoms with E-state index in [0.717, 1.165) is 24.5 Å². The van der Waals surface area contributed by atoms with Gasteiger partial charge in [-0.25, -0.2) is 0 Å². The molecule has 14 heavy (non-hydrogen) atoms. The first-order chi connectivity index (χ1) is 6.27. The van der Waals surface area contributed by atoms with Crippen molar-refractivity contribution in [2.24, 2.45) is 0 Å². The van der Waals surface area contributed by atoms with Crippen LogP contribution in [0.15, 0.2) is 18.2 Å². The first kappa shape index (κ1) is 10.8. The summed E-state index contributed by atoms with van der Waals surface area (Å²) in [5.41, 5.74) is 1.85. The number of hydrogen-bond donors (Lipinski definition) is 2. The van der Waals surface area contributed by atoms with Gasteiger partial charge in [-0.05, 0) is 6.07 Å². The van der Waals surface area contributed by atoms with Gasteiger partial charge in [-0.15, -0.1) is 0 Å². The Labute approximate surface area is 91.5 Å². The number of fused-ring (bicyclic) bond motifs is 1. The Kier molecular flexibility index (Phi) is 3.32. The van der Waals surface area contributed by atoms with Crippen molar-refractivity contribution in [1.29, 1.82) is 0 Å². The maximum atomic E-state index is 10.4.